The van der Waals surface area contributed by atoms with E-state index in [0.717, 1.165) is 5.69 Å². The van der Waals surface area contributed by atoms with E-state index in [0.29, 0.717) is 5.92 Å². The third kappa shape index (κ3) is 5.32. The lowest BCUT2D eigenvalue weighted by molar-refractivity contribution is -0.125. The largest absolute Gasteiger partial charge is 0.366 e. The predicted molar refractivity (Wildman–Crippen MR) is 74.9 cm³/mol. The predicted octanol–water partition coefficient (Wildman–Crippen LogP) is 3.56. The molecule has 0 radical (unpaired) electrons. The van der Waals surface area contributed by atoms with Crippen LogP contribution < -0.4 is 5.32 Å². The molecule has 0 aromatic heterocycles. The Kier molecular flexibility index (Phi) is 4.91. The number of benzene rings is 1. The maximum absolute atomic E-state index is 11.6. The summed E-state index contributed by atoms with van der Waals surface area (Å²) in [6, 6.07) is 7.91. The van der Waals surface area contributed by atoms with E-state index in [9.17, 15) is 4.79 Å². The molecular formula is C15H23NO2. The summed E-state index contributed by atoms with van der Waals surface area (Å²) in [4.78, 5) is 11.6. The normalized spacial score (nSPS) is 11.7. The minimum Gasteiger partial charge on any atom is -0.366 e. The number of hydrogen-bond donors (Lipinski definition) is 1. The monoisotopic (exact) mass is 249 g/mol. The summed E-state index contributed by atoms with van der Waals surface area (Å²) >= 11 is 0. The van der Waals surface area contributed by atoms with Gasteiger partial charge < -0.3 is 10.1 Å². The van der Waals surface area contributed by atoms with Crippen LogP contribution in [0.4, 0.5) is 5.69 Å². The SMILES string of the molecule is CC(C)c1ccc(NC(=O)COC(C)(C)C)cc1. The molecule has 1 aromatic carbocycles. The lowest BCUT2D eigenvalue weighted by Crippen LogP contribution is -2.27. The van der Waals surface area contributed by atoms with Crippen LogP contribution in [0.15, 0.2) is 24.3 Å². The van der Waals surface area contributed by atoms with E-state index in [2.05, 4.69) is 19.2 Å². The molecule has 1 aromatic rings. The second kappa shape index (κ2) is 6.01. The van der Waals surface area contributed by atoms with Gasteiger partial charge in [0.1, 0.15) is 6.61 Å². The first kappa shape index (κ1) is 14.7. The van der Waals surface area contributed by atoms with Crippen LogP contribution in [0.25, 0.3) is 0 Å². The zero-order valence-corrected chi connectivity index (χ0v) is 11.9. The summed E-state index contributed by atoms with van der Waals surface area (Å²) in [6.45, 7) is 10.2. The van der Waals surface area contributed by atoms with Crippen LogP contribution in [0.3, 0.4) is 0 Å². The zero-order chi connectivity index (χ0) is 13.8. The van der Waals surface area contributed by atoms with Crippen molar-refractivity contribution in [2.45, 2.75) is 46.1 Å². The van der Waals surface area contributed by atoms with E-state index in [1.54, 1.807) is 0 Å². The Bertz CT molecular complexity index is 388. The molecule has 18 heavy (non-hydrogen) atoms. The van der Waals surface area contributed by atoms with Gasteiger partial charge >= 0.3 is 0 Å². The maximum Gasteiger partial charge on any atom is 0.250 e. The highest BCUT2D eigenvalue weighted by Crippen LogP contribution is 2.17. The standard InChI is InChI=1S/C15H23NO2/c1-11(2)12-6-8-13(9-7-12)16-14(17)10-18-15(3,4)5/h6-9,11H,10H2,1-5H3,(H,16,17). The quantitative estimate of drug-likeness (QED) is 0.886. The van der Waals surface area contributed by atoms with Gasteiger partial charge in [0.25, 0.3) is 0 Å². The highest BCUT2D eigenvalue weighted by atomic mass is 16.5. The smallest absolute Gasteiger partial charge is 0.250 e. The number of hydrogen-bond acceptors (Lipinski definition) is 2. The molecule has 0 unspecified atom stereocenters. The second-order valence-corrected chi connectivity index (χ2v) is 5.73. The van der Waals surface area contributed by atoms with Gasteiger partial charge in [-0.25, -0.2) is 0 Å². The molecule has 3 nitrogen and oxygen atoms in total. The molecule has 0 fully saturated rings. The fraction of sp³-hybridized carbons (Fsp3) is 0.533. The number of carbonyl (C=O) groups is 1. The maximum atomic E-state index is 11.6. The second-order valence-electron chi connectivity index (χ2n) is 5.73. The molecule has 0 spiro atoms. The first-order valence-corrected chi connectivity index (χ1v) is 6.32. The number of amides is 1. The highest BCUT2D eigenvalue weighted by Gasteiger charge is 2.12. The lowest BCUT2D eigenvalue weighted by atomic mass is 10.0. The van der Waals surface area contributed by atoms with Crippen LogP contribution in [0, 0.1) is 0 Å². The van der Waals surface area contributed by atoms with E-state index in [1.165, 1.54) is 5.56 Å². The third-order valence-corrected chi connectivity index (χ3v) is 2.50. The number of carbonyl (C=O) groups excluding carboxylic acids is 1. The molecule has 0 saturated carbocycles. The van der Waals surface area contributed by atoms with Gasteiger partial charge in [0.2, 0.25) is 5.91 Å². The molecule has 0 bridgehead atoms. The molecule has 0 saturated heterocycles. The molecule has 0 aliphatic carbocycles. The van der Waals surface area contributed by atoms with Gasteiger partial charge in [-0.05, 0) is 44.4 Å². The summed E-state index contributed by atoms with van der Waals surface area (Å²) in [7, 11) is 0. The Morgan fingerprint density at radius 3 is 2.22 bits per heavy atom. The minimum absolute atomic E-state index is 0.0788. The molecule has 0 atom stereocenters. The van der Waals surface area contributed by atoms with Crippen molar-refractivity contribution in [1.82, 2.24) is 0 Å². The van der Waals surface area contributed by atoms with Gasteiger partial charge in [-0.15, -0.1) is 0 Å². The van der Waals surface area contributed by atoms with Crippen molar-refractivity contribution in [1.29, 1.82) is 0 Å². The third-order valence-electron chi connectivity index (χ3n) is 2.50. The van der Waals surface area contributed by atoms with E-state index in [4.69, 9.17) is 4.74 Å². The Hall–Kier alpha value is -1.35. The fourth-order valence-electron chi connectivity index (χ4n) is 1.43. The fourth-order valence-corrected chi connectivity index (χ4v) is 1.43. The van der Waals surface area contributed by atoms with Crippen molar-refractivity contribution >= 4 is 11.6 Å². The van der Waals surface area contributed by atoms with Crippen molar-refractivity contribution in [3.05, 3.63) is 29.8 Å². The summed E-state index contributed by atoms with van der Waals surface area (Å²) < 4.78 is 5.41. The first-order chi connectivity index (χ1) is 8.28. The molecule has 1 N–H and O–H groups in total. The van der Waals surface area contributed by atoms with Gasteiger partial charge in [-0.2, -0.15) is 0 Å². The topological polar surface area (TPSA) is 38.3 Å². The van der Waals surface area contributed by atoms with Crippen molar-refractivity contribution in [2.75, 3.05) is 11.9 Å². The van der Waals surface area contributed by atoms with Gasteiger partial charge in [-0.3, -0.25) is 4.79 Å². The molecule has 1 amide bonds. The molecule has 3 heteroatoms. The average molecular weight is 249 g/mol. The van der Waals surface area contributed by atoms with E-state index in [-0.39, 0.29) is 18.1 Å². The Balaban J connectivity index is 2.50. The van der Waals surface area contributed by atoms with Gasteiger partial charge in [0, 0.05) is 5.69 Å². The summed E-state index contributed by atoms with van der Waals surface area (Å²) in [6.07, 6.45) is 0. The number of ether oxygens (including phenoxy) is 1. The van der Waals surface area contributed by atoms with Gasteiger partial charge in [0.15, 0.2) is 0 Å². The van der Waals surface area contributed by atoms with E-state index in [1.807, 2.05) is 45.0 Å². The lowest BCUT2D eigenvalue weighted by Gasteiger charge is -2.19. The van der Waals surface area contributed by atoms with Gasteiger partial charge in [-0.1, -0.05) is 26.0 Å². The summed E-state index contributed by atoms with van der Waals surface area (Å²) in [5.41, 5.74) is 1.78. The molecule has 100 valence electrons. The van der Waals surface area contributed by atoms with Crippen molar-refractivity contribution in [3.8, 4) is 0 Å². The highest BCUT2D eigenvalue weighted by molar-refractivity contribution is 5.91. The van der Waals surface area contributed by atoms with Crippen LogP contribution in [0.2, 0.25) is 0 Å². The van der Waals surface area contributed by atoms with Crippen molar-refractivity contribution < 1.29 is 9.53 Å². The minimum atomic E-state index is -0.293. The van der Waals surface area contributed by atoms with Crippen molar-refractivity contribution in [2.24, 2.45) is 0 Å². The average Bonchev–Trinajstić information content (AvgIpc) is 2.26. The molecule has 0 heterocycles. The van der Waals surface area contributed by atoms with Crippen LogP contribution in [0.5, 0.6) is 0 Å². The number of rotatable bonds is 4. The Morgan fingerprint density at radius 2 is 1.78 bits per heavy atom. The van der Waals surface area contributed by atoms with Crippen LogP contribution >= 0.6 is 0 Å². The number of nitrogens with one attached hydrogen (secondary N) is 1. The zero-order valence-electron chi connectivity index (χ0n) is 11.9. The van der Waals surface area contributed by atoms with E-state index >= 15 is 0 Å². The molecule has 1 rings (SSSR count). The Labute approximate surface area is 110 Å². The molecular weight excluding hydrogens is 226 g/mol. The van der Waals surface area contributed by atoms with Gasteiger partial charge in [0.05, 0.1) is 5.60 Å². The summed E-state index contributed by atoms with van der Waals surface area (Å²) in [5, 5.41) is 2.82. The van der Waals surface area contributed by atoms with Crippen LogP contribution in [-0.2, 0) is 9.53 Å². The van der Waals surface area contributed by atoms with Crippen LogP contribution in [-0.4, -0.2) is 18.1 Å². The molecule has 0 aliphatic rings. The Morgan fingerprint density at radius 1 is 1.22 bits per heavy atom. The van der Waals surface area contributed by atoms with Crippen molar-refractivity contribution in [3.63, 3.8) is 0 Å². The van der Waals surface area contributed by atoms with Crippen LogP contribution in [0.1, 0.15) is 46.1 Å². The summed E-state index contributed by atoms with van der Waals surface area (Å²) in [5.74, 6) is 0.376. The molecule has 0 aliphatic heterocycles. The van der Waals surface area contributed by atoms with E-state index < -0.39 is 0 Å². The number of anilines is 1. The first-order valence-electron chi connectivity index (χ1n) is 6.32.